The van der Waals surface area contributed by atoms with Crippen LogP contribution in [0.1, 0.15) is 20.7 Å². The van der Waals surface area contributed by atoms with E-state index < -0.39 is 21.7 Å². The third-order valence-electron chi connectivity index (χ3n) is 2.69. The first-order chi connectivity index (χ1) is 9.61. The zero-order valence-corrected chi connectivity index (χ0v) is 12.7. The Labute approximate surface area is 123 Å². The van der Waals surface area contributed by atoms with E-state index in [-0.39, 0.29) is 4.57 Å². The van der Waals surface area contributed by atoms with E-state index in [0.717, 1.165) is 4.35 Å². The van der Waals surface area contributed by atoms with Crippen molar-refractivity contribution in [2.45, 2.75) is 0 Å². The summed E-state index contributed by atoms with van der Waals surface area (Å²) in [7, 11) is 1.32. The third kappa shape index (κ3) is 3.28. The number of hydrogen-bond acceptors (Lipinski definition) is 4. The van der Waals surface area contributed by atoms with E-state index in [1.165, 1.54) is 7.11 Å². The van der Waals surface area contributed by atoms with Gasteiger partial charge in [0.25, 0.3) is 0 Å². The Hall–Kier alpha value is -2.06. The van der Waals surface area contributed by atoms with Gasteiger partial charge in [-0.1, -0.05) is 0 Å². The minimum atomic E-state index is -0.792. The molecule has 0 fully saturated rings. The summed E-state index contributed by atoms with van der Waals surface area (Å²) < 4.78 is 5.44. The molecular weight excluding hydrogens is 317 g/mol. The molecular formula is C15H13AsNO3. The van der Waals surface area contributed by atoms with E-state index in [1.807, 2.05) is 18.2 Å². The van der Waals surface area contributed by atoms with E-state index in [4.69, 9.17) is 5.73 Å². The van der Waals surface area contributed by atoms with Crippen molar-refractivity contribution in [1.29, 1.82) is 0 Å². The quantitative estimate of drug-likeness (QED) is 0.520. The maximum absolute atomic E-state index is 12.2. The van der Waals surface area contributed by atoms with Gasteiger partial charge in [-0.2, -0.15) is 0 Å². The summed E-state index contributed by atoms with van der Waals surface area (Å²) in [6.45, 7) is 0. The molecule has 2 rings (SSSR count). The van der Waals surface area contributed by atoms with Crippen LogP contribution in [0.3, 0.4) is 0 Å². The summed E-state index contributed by atoms with van der Waals surface area (Å²) in [4.78, 5) is 23.7. The van der Waals surface area contributed by atoms with E-state index in [2.05, 4.69) is 4.74 Å². The van der Waals surface area contributed by atoms with Gasteiger partial charge in [0.2, 0.25) is 0 Å². The van der Waals surface area contributed by atoms with Gasteiger partial charge in [0, 0.05) is 0 Å². The van der Waals surface area contributed by atoms with Crippen LogP contribution in [0.25, 0.3) is 0 Å². The first kappa shape index (κ1) is 14.3. The summed E-state index contributed by atoms with van der Waals surface area (Å²) in [5, 5.41) is 0. The Kier molecular flexibility index (Phi) is 4.59. The Bertz CT molecular complexity index is 641. The van der Waals surface area contributed by atoms with Crippen LogP contribution in [-0.2, 0) is 4.74 Å². The summed E-state index contributed by atoms with van der Waals surface area (Å²) in [5.41, 5.74) is 7.48. The molecule has 0 atom stereocenters. The number of carbonyl (C=O) groups excluding carboxylic acids is 2. The summed E-state index contributed by atoms with van der Waals surface area (Å²) in [6.07, 6.45) is 0. The van der Waals surface area contributed by atoms with Crippen molar-refractivity contribution in [3.05, 3.63) is 59.7 Å². The average molecular weight is 330 g/mol. The number of anilines is 1. The molecule has 0 aliphatic rings. The molecule has 0 heterocycles. The van der Waals surface area contributed by atoms with Gasteiger partial charge < -0.3 is 0 Å². The summed E-state index contributed by atoms with van der Waals surface area (Å²) in [6, 6.07) is 13.9. The van der Waals surface area contributed by atoms with Crippen molar-refractivity contribution in [1.82, 2.24) is 0 Å². The number of nitrogens with two attached hydrogens (primary N) is 1. The second-order valence-corrected chi connectivity index (χ2v) is 6.38. The molecule has 0 unspecified atom stereocenters. The first-order valence-electron chi connectivity index (χ1n) is 5.91. The molecule has 5 heteroatoms. The fraction of sp³-hybridized carbons (Fsp3) is 0.0667. The van der Waals surface area contributed by atoms with Crippen molar-refractivity contribution >= 4 is 36.3 Å². The molecule has 0 saturated carbocycles. The van der Waals surface area contributed by atoms with Crippen molar-refractivity contribution in [2.75, 3.05) is 12.8 Å². The van der Waals surface area contributed by atoms with Gasteiger partial charge in [-0.3, -0.25) is 0 Å². The molecule has 4 nitrogen and oxygen atoms in total. The predicted molar refractivity (Wildman–Crippen MR) is 78.4 cm³/mol. The van der Waals surface area contributed by atoms with Crippen LogP contribution in [0.15, 0.2) is 48.5 Å². The van der Waals surface area contributed by atoms with Gasteiger partial charge in [0.1, 0.15) is 0 Å². The third-order valence-corrected chi connectivity index (χ3v) is 4.98. The van der Waals surface area contributed by atoms with E-state index in [9.17, 15) is 9.59 Å². The zero-order valence-electron chi connectivity index (χ0n) is 10.9. The average Bonchev–Trinajstić information content (AvgIpc) is 2.49. The molecule has 101 valence electrons. The van der Waals surface area contributed by atoms with Crippen LogP contribution in [0, 0.1) is 0 Å². The van der Waals surface area contributed by atoms with Gasteiger partial charge >= 0.3 is 123 Å². The van der Waals surface area contributed by atoms with Gasteiger partial charge in [-0.05, 0) is 0 Å². The topological polar surface area (TPSA) is 69.4 Å². The van der Waals surface area contributed by atoms with Crippen LogP contribution in [0.5, 0.6) is 0 Å². The van der Waals surface area contributed by atoms with Gasteiger partial charge in [0.15, 0.2) is 0 Å². The van der Waals surface area contributed by atoms with E-state index in [0.29, 0.717) is 16.8 Å². The molecule has 20 heavy (non-hydrogen) atoms. The number of methoxy groups -OCH3 is 1. The molecule has 0 aliphatic heterocycles. The van der Waals surface area contributed by atoms with Crippen molar-refractivity contribution in [3.8, 4) is 0 Å². The van der Waals surface area contributed by atoms with E-state index >= 15 is 0 Å². The van der Waals surface area contributed by atoms with Crippen LogP contribution in [0.4, 0.5) is 5.69 Å². The predicted octanol–water partition coefficient (Wildman–Crippen LogP) is 1.23. The molecule has 0 aromatic heterocycles. The summed E-state index contributed by atoms with van der Waals surface area (Å²) in [5.74, 6) is -0.431. The molecule has 1 radical (unpaired) electrons. The van der Waals surface area contributed by atoms with E-state index in [1.54, 1.807) is 30.3 Å². The van der Waals surface area contributed by atoms with Gasteiger partial charge in [-0.25, -0.2) is 0 Å². The Morgan fingerprint density at radius 2 is 1.75 bits per heavy atom. The second-order valence-electron chi connectivity index (χ2n) is 4.05. The molecule has 0 saturated heterocycles. The Morgan fingerprint density at radius 3 is 2.40 bits per heavy atom. The zero-order chi connectivity index (χ0) is 14.5. The number of rotatable bonds is 4. The van der Waals surface area contributed by atoms with Crippen LogP contribution in [0.2, 0.25) is 0 Å². The van der Waals surface area contributed by atoms with Crippen molar-refractivity contribution in [2.24, 2.45) is 0 Å². The SMILES string of the molecule is COC(=O)c1ccc(N)c([As]C(=O)c2ccccc2)c1. The molecule has 2 aromatic carbocycles. The number of nitrogen functional groups attached to an aromatic ring is 1. The normalized spacial score (nSPS) is 10.7. The van der Waals surface area contributed by atoms with Crippen LogP contribution < -0.4 is 10.1 Å². The summed E-state index contributed by atoms with van der Waals surface area (Å²) >= 11 is -0.792. The van der Waals surface area contributed by atoms with Crippen LogP contribution >= 0.6 is 0 Å². The Balaban J connectivity index is 2.25. The molecule has 0 aliphatic carbocycles. The fourth-order valence-corrected chi connectivity index (χ4v) is 3.54. The molecule has 0 spiro atoms. The number of esters is 1. The van der Waals surface area contributed by atoms with Crippen LogP contribution in [-0.4, -0.2) is 33.4 Å². The number of hydrogen-bond donors (Lipinski definition) is 1. The van der Waals surface area contributed by atoms with Crippen molar-refractivity contribution < 1.29 is 14.3 Å². The number of benzene rings is 2. The van der Waals surface area contributed by atoms with Crippen molar-refractivity contribution in [3.63, 3.8) is 0 Å². The van der Waals surface area contributed by atoms with Gasteiger partial charge in [-0.15, -0.1) is 0 Å². The molecule has 2 N–H and O–H groups in total. The monoisotopic (exact) mass is 330 g/mol. The molecule has 0 bridgehead atoms. The Morgan fingerprint density at radius 1 is 1.05 bits per heavy atom. The maximum atomic E-state index is 12.2. The number of ether oxygens (including phenoxy) is 1. The minimum absolute atomic E-state index is 0.0514. The molecule has 0 amide bonds. The second kappa shape index (κ2) is 6.40. The van der Waals surface area contributed by atoms with Gasteiger partial charge in [0.05, 0.1) is 0 Å². The standard InChI is InChI=1S/C15H13AsNO3/c1-20-15(19)11-7-8-13(17)12(9-11)16-14(18)10-5-3-2-4-6-10/h2-9H,17H2,1H3. The molecule has 2 aromatic rings. The number of carbonyl (C=O) groups is 2. The fourth-order valence-electron chi connectivity index (χ4n) is 1.64. The first-order valence-corrected chi connectivity index (χ1v) is 7.78.